The maximum absolute atomic E-state index is 11.6. The van der Waals surface area contributed by atoms with Crippen LogP contribution >= 0.6 is 0 Å². The molecule has 0 radical (unpaired) electrons. The number of tetrazole rings is 1. The molecule has 0 saturated carbocycles. The van der Waals surface area contributed by atoms with E-state index in [1.54, 1.807) is 17.8 Å². The molecule has 0 saturated heterocycles. The first kappa shape index (κ1) is 13.2. The minimum absolute atomic E-state index is 0.0479. The lowest BCUT2D eigenvalue weighted by Crippen LogP contribution is -2.18. The Morgan fingerprint density at radius 1 is 1.47 bits per heavy atom. The number of benzene rings is 1. The maximum atomic E-state index is 11.6. The highest BCUT2D eigenvalue weighted by Gasteiger charge is 2.07. The van der Waals surface area contributed by atoms with E-state index in [-0.39, 0.29) is 12.5 Å². The van der Waals surface area contributed by atoms with Crippen molar-refractivity contribution >= 4 is 11.6 Å². The third-order valence-corrected chi connectivity index (χ3v) is 2.46. The van der Waals surface area contributed by atoms with Crippen LogP contribution in [0.2, 0.25) is 0 Å². The number of aromatic nitrogens is 4. The molecule has 7 nitrogen and oxygen atoms in total. The van der Waals surface area contributed by atoms with Crippen molar-refractivity contribution in [3.05, 3.63) is 24.3 Å². The van der Waals surface area contributed by atoms with Crippen LogP contribution < -0.4 is 5.32 Å². The van der Waals surface area contributed by atoms with Gasteiger partial charge in [0.15, 0.2) is 5.82 Å². The summed E-state index contributed by atoms with van der Waals surface area (Å²) in [6.07, 6.45) is 0. The summed E-state index contributed by atoms with van der Waals surface area (Å²) in [6.45, 7) is 2.40. The van der Waals surface area contributed by atoms with Crippen LogP contribution in [0, 0.1) is 0 Å². The number of ether oxygens (including phenoxy) is 1. The van der Waals surface area contributed by atoms with Crippen LogP contribution in [0.25, 0.3) is 11.4 Å². The number of rotatable bonds is 5. The summed E-state index contributed by atoms with van der Waals surface area (Å²) in [5.74, 6) is 0.455. The Hall–Kier alpha value is -2.28. The normalized spacial score (nSPS) is 10.4. The van der Waals surface area contributed by atoms with Crippen LogP contribution in [0.5, 0.6) is 0 Å². The molecule has 1 aromatic heterocycles. The number of hydrogen-bond acceptors (Lipinski definition) is 5. The molecule has 100 valence electrons. The van der Waals surface area contributed by atoms with Gasteiger partial charge < -0.3 is 10.1 Å². The van der Waals surface area contributed by atoms with Crippen molar-refractivity contribution in [2.24, 2.45) is 7.05 Å². The molecular formula is C12H15N5O2. The van der Waals surface area contributed by atoms with Gasteiger partial charge >= 0.3 is 0 Å². The smallest absolute Gasteiger partial charge is 0.250 e. The standard InChI is InChI=1S/C12H15N5O2/c1-3-19-8-11(18)13-10-6-4-5-9(7-10)12-14-15-16-17(12)2/h4-7H,3,8H2,1-2H3,(H,13,18). The van der Waals surface area contributed by atoms with Gasteiger partial charge in [-0.2, -0.15) is 0 Å². The molecule has 2 aromatic rings. The zero-order valence-corrected chi connectivity index (χ0v) is 10.8. The summed E-state index contributed by atoms with van der Waals surface area (Å²) < 4.78 is 6.61. The van der Waals surface area contributed by atoms with Crippen molar-refractivity contribution in [2.75, 3.05) is 18.5 Å². The zero-order chi connectivity index (χ0) is 13.7. The van der Waals surface area contributed by atoms with Crippen molar-refractivity contribution in [2.45, 2.75) is 6.92 Å². The van der Waals surface area contributed by atoms with Crippen molar-refractivity contribution in [3.63, 3.8) is 0 Å². The summed E-state index contributed by atoms with van der Waals surface area (Å²) in [6, 6.07) is 7.33. The van der Waals surface area contributed by atoms with Crippen molar-refractivity contribution in [1.82, 2.24) is 20.2 Å². The number of amides is 1. The van der Waals surface area contributed by atoms with Crippen molar-refractivity contribution in [3.8, 4) is 11.4 Å². The number of carbonyl (C=O) groups excluding carboxylic acids is 1. The van der Waals surface area contributed by atoms with Crippen LogP contribution in [0.4, 0.5) is 5.69 Å². The molecule has 0 fully saturated rings. The third-order valence-electron chi connectivity index (χ3n) is 2.46. The number of hydrogen-bond donors (Lipinski definition) is 1. The van der Waals surface area contributed by atoms with E-state index in [2.05, 4.69) is 20.8 Å². The minimum Gasteiger partial charge on any atom is -0.372 e. The first-order chi connectivity index (χ1) is 9.20. The predicted molar refractivity (Wildman–Crippen MR) is 69.4 cm³/mol. The highest BCUT2D eigenvalue weighted by atomic mass is 16.5. The van der Waals surface area contributed by atoms with E-state index in [4.69, 9.17) is 4.74 Å². The fourth-order valence-electron chi connectivity index (χ4n) is 1.60. The Morgan fingerprint density at radius 3 is 3.00 bits per heavy atom. The lowest BCUT2D eigenvalue weighted by molar-refractivity contribution is -0.120. The fourth-order valence-corrected chi connectivity index (χ4v) is 1.60. The van der Waals surface area contributed by atoms with Crippen LogP contribution in [-0.2, 0) is 16.6 Å². The second kappa shape index (κ2) is 6.05. The highest BCUT2D eigenvalue weighted by molar-refractivity contribution is 5.92. The summed E-state index contributed by atoms with van der Waals surface area (Å²) in [4.78, 5) is 11.6. The molecule has 1 N–H and O–H groups in total. The Labute approximate surface area is 110 Å². The van der Waals surface area contributed by atoms with E-state index >= 15 is 0 Å². The summed E-state index contributed by atoms with van der Waals surface area (Å²) >= 11 is 0. The Kier molecular flexibility index (Phi) is 4.19. The molecule has 7 heteroatoms. The largest absolute Gasteiger partial charge is 0.372 e. The van der Waals surface area contributed by atoms with E-state index in [1.807, 2.05) is 25.1 Å². The van der Waals surface area contributed by atoms with Gasteiger partial charge in [0.25, 0.3) is 0 Å². The summed E-state index contributed by atoms with van der Waals surface area (Å²) in [5, 5.41) is 14.0. The van der Waals surface area contributed by atoms with E-state index < -0.39 is 0 Å². The van der Waals surface area contributed by atoms with Crippen molar-refractivity contribution in [1.29, 1.82) is 0 Å². The number of nitrogens with zero attached hydrogens (tertiary/aromatic N) is 4. The van der Waals surface area contributed by atoms with Gasteiger partial charge in [-0.25, -0.2) is 4.68 Å². The van der Waals surface area contributed by atoms with Gasteiger partial charge in [-0.3, -0.25) is 4.79 Å². The van der Waals surface area contributed by atoms with E-state index in [1.165, 1.54) is 0 Å². The first-order valence-corrected chi connectivity index (χ1v) is 5.91. The first-order valence-electron chi connectivity index (χ1n) is 5.91. The van der Waals surface area contributed by atoms with Crippen LogP contribution in [0.1, 0.15) is 6.92 Å². The molecule has 0 spiro atoms. The Balaban J connectivity index is 2.12. The van der Waals surface area contributed by atoms with E-state index in [0.29, 0.717) is 18.1 Å². The second-order valence-corrected chi connectivity index (χ2v) is 3.89. The minimum atomic E-state index is -0.185. The molecule has 2 rings (SSSR count). The quantitative estimate of drug-likeness (QED) is 0.863. The van der Waals surface area contributed by atoms with Gasteiger partial charge in [0.05, 0.1) is 0 Å². The SMILES string of the molecule is CCOCC(=O)Nc1cccc(-c2nnnn2C)c1. The van der Waals surface area contributed by atoms with Gasteiger partial charge in [0, 0.05) is 24.9 Å². The third kappa shape index (κ3) is 3.35. The molecule has 19 heavy (non-hydrogen) atoms. The average molecular weight is 261 g/mol. The molecule has 0 unspecified atom stereocenters. The number of carbonyl (C=O) groups is 1. The molecule has 0 aliphatic rings. The van der Waals surface area contributed by atoms with Gasteiger partial charge in [-0.15, -0.1) is 5.10 Å². The van der Waals surface area contributed by atoms with E-state index in [9.17, 15) is 4.79 Å². The highest BCUT2D eigenvalue weighted by Crippen LogP contribution is 2.19. The average Bonchev–Trinajstić information content (AvgIpc) is 2.83. The summed E-state index contributed by atoms with van der Waals surface area (Å²) in [5.41, 5.74) is 1.52. The summed E-state index contributed by atoms with van der Waals surface area (Å²) in [7, 11) is 1.76. The Bertz CT molecular complexity index is 567. The number of nitrogens with one attached hydrogen (secondary N) is 1. The topological polar surface area (TPSA) is 81.9 Å². The van der Waals surface area contributed by atoms with Crippen LogP contribution in [-0.4, -0.2) is 39.3 Å². The monoisotopic (exact) mass is 261 g/mol. The molecule has 0 bridgehead atoms. The molecule has 1 aromatic carbocycles. The van der Waals surface area contributed by atoms with Crippen LogP contribution in [0.15, 0.2) is 24.3 Å². The lowest BCUT2D eigenvalue weighted by atomic mass is 10.2. The van der Waals surface area contributed by atoms with Crippen LogP contribution in [0.3, 0.4) is 0 Å². The predicted octanol–water partition coefficient (Wildman–Crippen LogP) is 0.852. The molecule has 0 aliphatic carbocycles. The molecule has 0 aliphatic heterocycles. The van der Waals surface area contributed by atoms with Gasteiger partial charge in [-0.05, 0) is 29.5 Å². The van der Waals surface area contributed by atoms with E-state index in [0.717, 1.165) is 5.56 Å². The van der Waals surface area contributed by atoms with Gasteiger partial charge in [0.1, 0.15) is 6.61 Å². The van der Waals surface area contributed by atoms with Crippen molar-refractivity contribution < 1.29 is 9.53 Å². The Morgan fingerprint density at radius 2 is 2.32 bits per heavy atom. The molecule has 1 amide bonds. The van der Waals surface area contributed by atoms with Gasteiger partial charge in [-0.1, -0.05) is 12.1 Å². The molecule has 0 atom stereocenters. The van der Waals surface area contributed by atoms with Gasteiger partial charge in [0.2, 0.25) is 5.91 Å². The number of aryl methyl sites for hydroxylation is 1. The molecule has 1 heterocycles. The second-order valence-electron chi connectivity index (χ2n) is 3.89. The molecular weight excluding hydrogens is 246 g/mol. The zero-order valence-electron chi connectivity index (χ0n) is 10.8. The fraction of sp³-hybridized carbons (Fsp3) is 0.333. The maximum Gasteiger partial charge on any atom is 0.250 e. The lowest BCUT2D eigenvalue weighted by Gasteiger charge is -2.06. The number of anilines is 1.